The molecule has 4 aromatic carbocycles. The van der Waals surface area contributed by atoms with Gasteiger partial charge in [-0.1, -0.05) is 48.5 Å². The van der Waals surface area contributed by atoms with E-state index in [9.17, 15) is 0 Å². The third-order valence-corrected chi connectivity index (χ3v) is 7.43. The maximum Gasteiger partial charge on any atom is 0.0319 e. The zero-order valence-corrected chi connectivity index (χ0v) is 22.3. The van der Waals surface area contributed by atoms with Gasteiger partial charge in [-0.3, -0.25) is 0 Å². The van der Waals surface area contributed by atoms with E-state index in [0.29, 0.717) is 0 Å². The Morgan fingerprint density at radius 1 is 0.444 bits per heavy atom. The second-order valence-corrected chi connectivity index (χ2v) is 10.5. The van der Waals surface area contributed by atoms with Crippen molar-refractivity contribution in [2.45, 2.75) is 66.2 Å². The average molecular weight is 477 g/mol. The zero-order chi connectivity index (χ0) is 25.7. The maximum atomic E-state index is 5.98. The number of benzene rings is 4. The van der Waals surface area contributed by atoms with Crippen LogP contribution in [0.2, 0.25) is 0 Å². The quantitative estimate of drug-likeness (QED) is 0.191. The van der Waals surface area contributed by atoms with Crippen LogP contribution in [0.25, 0.3) is 0 Å². The van der Waals surface area contributed by atoms with E-state index in [-0.39, 0.29) is 0 Å². The van der Waals surface area contributed by atoms with Gasteiger partial charge in [0.25, 0.3) is 0 Å². The van der Waals surface area contributed by atoms with Crippen molar-refractivity contribution < 1.29 is 0 Å². The van der Waals surface area contributed by atoms with Crippen LogP contribution in [0.1, 0.15) is 68.5 Å². The first-order valence-corrected chi connectivity index (χ1v) is 13.2. The van der Waals surface area contributed by atoms with Gasteiger partial charge in [-0.2, -0.15) is 0 Å². The molecule has 0 saturated carbocycles. The van der Waals surface area contributed by atoms with E-state index in [4.69, 9.17) is 11.5 Å². The number of nitrogens with two attached hydrogens (primary N) is 2. The summed E-state index contributed by atoms with van der Waals surface area (Å²) < 4.78 is 0. The van der Waals surface area contributed by atoms with Crippen molar-refractivity contribution in [1.82, 2.24) is 0 Å². The second kappa shape index (κ2) is 11.5. The van der Waals surface area contributed by atoms with Crippen LogP contribution in [0.4, 0.5) is 11.4 Å². The summed E-state index contributed by atoms with van der Waals surface area (Å²) >= 11 is 0. The Hall–Kier alpha value is -3.52. The molecule has 0 aliphatic heterocycles. The molecule has 0 fully saturated rings. The van der Waals surface area contributed by atoms with Crippen LogP contribution in [-0.4, -0.2) is 0 Å². The minimum Gasteiger partial charge on any atom is -0.399 e. The molecule has 2 heteroatoms. The van der Waals surface area contributed by atoms with Gasteiger partial charge in [0.2, 0.25) is 0 Å². The van der Waals surface area contributed by atoms with Crippen LogP contribution in [0.5, 0.6) is 0 Å². The molecule has 36 heavy (non-hydrogen) atoms. The van der Waals surface area contributed by atoms with E-state index < -0.39 is 0 Å². The highest BCUT2D eigenvalue weighted by Crippen LogP contribution is 2.23. The number of rotatable bonds is 9. The standard InChI is InChI=1S/C34H40N2/c1-23-17-31(35)18-24(2)33(23)21-29-13-9-27(10-14-29)7-5-6-8-28-11-15-30(16-12-28)22-34-25(3)19-32(36)20-26(34)4/h9-20H,5-8,21-22,35-36H2,1-4H3. The summed E-state index contributed by atoms with van der Waals surface area (Å²) in [5.41, 5.74) is 27.1. The van der Waals surface area contributed by atoms with Crippen molar-refractivity contribution in [2.75, 3.05) is 11.5 Å². The van der Waals surface area contributed by atoms with Crippen molar-refractivity contribution in [3.8, 4) is 0 Å². The van der Waals surface area contributed by atoms with Gasteiger partial charge in [-0.15, -0.1) is 0 Å². The molecule has 2 nitrogen and oxygen atoms in total. The smallest absolute Gasteiger partial charge is 0.0319 e. The fourth-order valence-electron chi connectivity index (χ4n) is 5.33. The molecule has 0 amide bonds. The molecule has 0 aliphatic carbocycles. The first kappa shape index (κ1) is 25.6. The van der Waals surface area contributed by atoms with Crippen LogP contribution in [0.15, 0.2) is 72.8 Å². The summed E-state index contributed by atoms with van der Waals surface area (Å²) in [6.07, 6.45) is 6.61. The van der Waals surface area contributed by atoms with Gasteiger partial charge < -0.3 is 11.5 Å². The highest BCUT2D eigenvalue weighted by Gasteiger charge is 2.07. The average Bonchev–Trinajstić information content (AvgIpc) is 2.83. The van der Waals surface area contributed by atoms with E-state index in [2.05, 4.69) is 100 Å². The fourth-order valence-corrected chi connectivity index (χ4v) is 5.33. The summed E-state index contributed by atoms with van der Waals surface area (Å²) in [5.74, 6) is 0. The Morgan fingerprint density at radius 2 is 0.722 bits per heavy atom. The molecule has 0 unspecified atom stereocenters. The van der Waals surface area contributed by atoms with Gasteiger partial charge >= 0.3 is 0 Å². The first-order valence-electron chi connectivity index (χ1n) is 13.2. The molecule has 0 aliphatic rings. The normalized spacial score (nSPS) is 11.1. The number of hydrogen-bond acceptors (Lipinski definition) is 2. The molecular weight excluding hydrogens is 436 g/mol. The largest absolute Gasteiger partial charge is 0.399 e. The molecule has 4 aromatic rings. The van der Waals surface area contributed by atoms with Crippen molar-refractivity contribution in [3.63, 3.8) is 0 Å². The second-order valence-electron chi connectivity index (χ2n) is 10.5. The molecule has 4 rings (SSSR count). The number of hydrogen-bond donors (Lipinski definition) is 2. The molecule has 0 heterocycles. The zero-order valence-electron chi connectivity index (χ0n) is 22.3. The highest BCUT2D eigenvalue weighted by atomic mass is 14.5. The minimum absolute atomic E-state index is 0.850. The van der Waals surface area contributed by atoms with E-state index >= 15 is 0 Å². The maximum absolute atomic E-state index is 5.98. The lowest BCUT2D eigenvalue weighted by atomic mass is 9.94. The predicted molar refractivity (Wildman–Crippen MR) is 156 cm³/mol. The molecule has 186 valence electrons. The Kier molecular flexibility index (Phi) is 8.15. The molecule has 0 saturated heterocycles. The number of unbranched alkanes of at least 4 members (excludes halogenated alkanes) is 1. The Balaban J connectivity index is 1.24. The van der Waals surface area contributed by atoms with Gasteiger partial charge in [0.1, 0.15) is 0 Å². The predicted octanol–water partition coefficient (Wildman–Crippen LogP) is 7.83. The molecule has 0 aromatic heterocycles. The van der Waals surface area contributed by atoms with Gasteiger partial charge in [-0.05, 0) is 146 Å². The summed E-state index contributed by atoms with van der Waals surface area (Å²) in [6, 6.07) is 26.6. The van der Waals surface area contributed by atoms with Crippen LogP contribution in [-0.2, 0) is 25.7 Å². The van der Waals surface area contributed by atoms with Crippen LogP contribution in [0, 0.1) is 27.7 Å². The van der Waals surface area contributed by atoms with E-state index in [1.54, 1.807) is 0 Å². The topological polar surface area (TPSA) is 52.0 Å². The van der Waals surface area contributed by atoms with Crippen molar-refractivity contribution in [1.29, 1.82) is 0 Å². The summed E-state index contributed by atoms with van der Waals surface area (Å²) in [6.45, 7) is 8.62. The van der Waals surface area contributed by atoms with Crippen LogP contribution >= 0.6 is 0 Å². The highest BCUT2D eigenvalue weighted by molar-refractivity contribution is 5.51. The summed E-state index contributed by atoms with van der Waals surface area (Å²) in [5, 5.41) is 0. The Bertz CT molecular complexity index is 1160. The molecule has 4 N–H and O–H groups in total. The van der Waals surface area contributed by atoms with Gasteiger partial charge in [0, 0.05) is 11.4 Å². The van der Waals surface area contributed by atoms with Crippen LogP contribution < -0.4 is 11.5 Å². The van der Waals surface area contributed by atoms with E-state index in [1.165, 1.54) is 68.5 Å². The van der Waals surface area contributed by atoms with Crippen molar-refractivity contribution in [3.05, 3.63) is 128 Å². The number of anilines is 2. The lowest BCUT2D eigenvalue weighted by Crippen LogP contribution is -1.99. The minimum atomic E-state index is 0.850. The molecular formula is C34H40N2. The van der Waals surface area contributed by atoms with Gasteiger partial charge in [0.05, 0.1) is 0 Å². The SMILES string of the molecule is Cc1cc(N)cc(C)c1Cc1ccc(CCCCc2ccc(Cc3c(C)cc(N)cc3C)cc2)cc1. The van der Waals surface area contributed by atoms with E-state index in [0.717, 1.165) is 37.1 Å². The third-order valence-electron chi connectivity index (χ3n) is 7.43. The van der Waals surface area contributed by atoms with Crippen molar-refractivity contribution in [2.24, 2.45) is 0 Å². The summed E-state index contributed by atoms with van der Waals surface area (Å²) in [4.78, 5) is 0. The number of nitrogen functional groups attached to an aromatic ring is 2. The molecule has 0 bridgehead atoms. The summed E-state index contributed by atoms with van der Waals surface area (Å²) in [7, 11) is 0. The fraction of sp³-hybridized carbons (Fsp3) is 0.294. The van der Waals surface area contributed by atoms with E-state index in [1.807, 2.05) is 0 Å². The van der Waals surface area contributed by atoms with Crippen molar-refractivity contribution >= 4 is 11.4 Å². The van der Waals surface area contributed by atoms with Crippen LogP contribution in [0.3, 0.4) is 0 Å². The monoisotopic (exact) mass is 476 g/mol. The lowest BCUT2D eigenvalue weighted by molar-refractivity contribution is 0.734. The Morgan fingerprint density at radius 3 is 1.03 bits per heavy atom. The number of aryl methyl sites for hydroxylation is 6. The first-order chi connectivity index (χ1) is 17.3. The molecule has 0 atom stereocenters. The Labute approximate surface area is 217 Å². The lowest BCUT2D eigenvalue weighted by Gasteiger charge is -2.12. The van der Waals surface area contributed by atoms with Gasteiger partial charge in [0.15, 0.2) is 0 Å². The van der Waals surface area contributed by atoms with Gasteiger partial charge in [-0.25, -0.2) is 0 Å². The molecule has 0 radical (unpaired) electrons. The third kappa shape index (κ3) is 6.57. The molecule has 0 spiro atoms.